The first-order chi connectivity index (χ1) is 13.1. The van der Waals surface area contributed by atoms with E-state index in [2.05, 4.69) is 26.1 Å². The molecule has 0 bridgehead atoms. The normalized spacial score (nSPS) is 12.2. The molecule has 0 radical (unpaired) electrons. The van der Waals surface area contributed by atoms with Crippen LogP contribution in [0.2, 0.25) is 0 Å². The van der Waals surface area contributed by atoms with Crippen LogP contribution in [0.15, 0.2) is 42.5 Å². The molecule has 0 aliphatic carbocycles. The number of para-hydroxylation sites is 2. The van der Waals surface area contributed by atoms with Crippen LogP contribution in [-0.4, -0.2) is 24.6 Å². The Balaban J connectivity index is 1.94. The molecule has 0 aromatic heterocycles. The van der Waals surface area contributed by atoms with Gasteiger partial charge in [-0.15, -0.1) is 0 Å². The molecule has 1 N–H and O–H groups in total. The van der Waals surface area contributed by atoms with E-state index >= 15 is 0 Å². The third kappa shape index (κ3) is 5.59. The van der Waals surface area contributed by atoms with Crippen molar-refractivity contribution in [2.24, 2.45) is 0 Å². The van der Waals surface area contributed by atoms with Gasteiger partial charge in [-0.3, -0.25) is 4.79 Å². The third-order valence-corrected chi connectivity index (χ3v) is 4.45. The Labute approximate surface area is 167 Å². The molecule has 0 aliphatic rings. The van der Waals surface area contributed by atoms with Crippen LogP contribution in [0.1, 0.15) is 44.4 Å². The second-order valence-corrected chi connectivity index (χ2v) is 7.92. The highest BCUT2D eigenvalue weighted by Gasteiger charge is 2.21. The Hall–Kier alpha value is -2.82. The Morgan fingerprint density at radius 2 is 1.61 bits per heavy atom. The van der Waals surface area contributed by atoms with Gasteiger partial charge in [0.1, 0.15) is 5.75 Å². The fourth-order valence-corrected chi connectivity index (χ4v) is 2.87. The number of ether oxygens (including phenoxy) is 2. The fourth-order valence-electron chi connectivity index (χ4n) is 2.87. The van der Waals surface area contributed by atoms with Gasteiger partial charge in [0, 0.05) is 5.69 Å². The molecule has 28 heavy (non-hydrogen) atoms. The van der Waals surface area contributed by atoms with E-state index in [1.54, 1.807) is 6.92 Å². The predicted octanol–water partition coefficient (Wildman–Crippen LogP) is 4.55. The van der Waals surface area contributed by atoms with Gasteiger partial charge in [0.2, 0.25) is 0 Å². The number of benzene rings is 2. The maximum absolute atomic E-state index is 12.4. The van der Waals surface area contributed by atoms with E-state index in [4.69, 9.17) is 9.47 Å². The van der Waals surface area contributed by atoms with E-state index in [0.717, 1.165) is 22.4 Å². The van der Waals surface area contributed by atoms with Crippen molar-refractivity contribution in [3.05, 3.63) is 59.2 Å². The topological polar surface area (TPSA) is 64.6 Å². The zero-order valence-electron chi connectivity index (χ0n) is 17.5. The molecule has 5 heteroatoms. The molecule has 5 nitrogen and oxygen atoms in total. The van der Waals surface area contributed by atoms with Gasteiger partial charge < -0.3 is 14.8 Å². The van der Waals surface area contributed by atoms with Crippen LogP contribution < -0.4 is 10.1 Å². The zero-order chi connectivity index (χ0) is 20.9. The minimum atomic E-state index is -0.923. The summed E-state index contributed by atoms with van der Waals surface area (Å²) >= 11 is 0. The average molecular weight is 383 g/mol. The molecule has 0 heterocycles. The lowest BCUT2D eigenvalue weighted by atomic mass is 9.86. The summed E-state index contributed by atoms with van der Waals surface area (Å²) in [5.74, 6) is -0.326. The van der Waals surface area contributed by atoms with Crippen molar-refractivity contribution >= 4 is 17.6 Å². The van der Waals surface area contributed by atoms with Gasteiger partial charge in [0.25, 0.3) is 5.91 Å². The van der Waals surface area contributed by atoms with Gasteiger partial charge in [-0.05, 0) is 48.9 Å². The number of carbonyl (C=O) groups is 2. The van der Waals surface area contributed by atoms with Gasteiger partial charge >= 0.3 is 5.97 Å². The van der Waals surface area contributed by atoms with Crippen LogP contribution in [0.3, 0.4) is 0 Å². The monoisotopic (exact) mass is 383 g/mol. The number of aryl methyl sites for hydroxylation is 2. The quantitative estimate of drug-likeness (QED) is 0.743. The van der Waals surface area contributed by atoms with E-state index in [9.17, 15) is 9.59 Å². The lowest BCUT2D eigenvalue weighted by Gasteiger charge is -2.22. The number of hydrogen-bond donors (Lipinski definition) is 1. The summed E-state index contributed by atoms with van der Waals surface area (Å²) in [4.78, 5) is 24.5. The van der Waals surface area contributed by atoms with Crippen molar-refractivity contribution in [1.29, 1.82) is 0 Å². The number of nitrogens with one attached hydrogen (secondary N) is 1. The molecular weight excluding hydrogens is 354 g/mol. The van der Waals surface area contributed by atoms with Crippen LogP contribution in [0, 0.1) is 13.8 Å². The highest BCUT2D eigenvalue weighted by Crippen LogP contribution is 2.30. The molecule has 0 unspecified atom stereocenters. The molecule has 2 rings (SSSR count). The number of hydrogen-bond acceptors (Lipinski definition) is 4. The standard InChI is InChI=1S/C23H29NO4/c1-15-10-9-11-16(2)21(15)24-22(26)17(3)28-20(25)14-27-19-13-8-7-12-18(19)23(4,5)6/h7-13,17H,14H2,1-6H3,(H,24,26)/t17-/m0/s1. The minimum Gasteiger partial charge on any atom is -0.482 e. The SMILES string of the molecule is Cc1cccc(C)c1NC(=O)[C@H](C)OC(=O)COc1ccccc1C(C)(C)C. The molecule has 0 spiro atoms. The van der Waals surface area contributed by atoms with Crippen molar-refractivity contribution < 1.29 is 19.1 Å². The van der Waals surface area contributed by atoms with Crippen LogP contribution in [-0.2, 0) is 19.7 Å². The summed E-state index contributed by atoms with van der Waals surface area (Å²) < 4.78 is 10.9. The Kier molecular flexibility index (Phi) is 6.84. The van der Waals surface area contributed by atoms with E-state index in [1.807, 2.05) is 56.3 Å². The molecule has 0 aliphatic heterocycles. The molecular formula is C23H29NO4. The van der Waals surface area contributed by atoms with Crippen molar-refractivity contribution in [2.75, 3.05) is 11.9 Å². The van der Waals surface area contributed by atoms with Crippen LogP contribution in [0.4, 0.5) is 5.69 Å². The van der Waals surface area contributed by atoms with Crippen molar-refractivity contribution in [3.63, 3.8) is 0 Å². The van der Waals surface area contributed by atoms with Crippen LogP contribution in [0.25, 0.3) is 0 Å². The minimum absolute atomic E-state index is 0.112. The first-order valence-corrected chi connectivity index (χ1v) is 9.38. The van der Waals surface area contributed by atoms with Gasteiger partial charge in [0.05, 0.1) is 0 Å². The average Bonchev–Trinajstić information content (AvgIpc) is 2.62. The molecule has 0 fully saturated rings. The predicted molar refractivity (Wildman–Crippen MR) is 111 cm³/mol. The molecule has 150 valence electrons. The first kappa shape index (κ1) is 21.5. The molecule has 1 amide bonds. The van der Waals surface area contributed by atoms with Gasteiger partial charge in [0.15, 0.2) is 12.7 Å². The van der Waals surface area contributed by atoms with E-state index in [-0.39, 0.29) is 17.9 Å². The number of rotatable bonds is 6. The number of amides is 1. The van der Waals surface area contributed by atoms with Gasteiger partial charge in [-0.2, -0.15) is 0 Å². The smallest absolute Gasteiger partial charge is 0.344 e. The maximum Gasteiger partial charge on any atom is 0.344 e. The lowest BCUT2D eigenvalue weighted by molar-refractivity contribution is -0.155. The molecule has 2 aromatic rings. The molecule has 0 saturated heterocycles. The highest BCUT2D eigenvalue weighted by molar-refractivity contribution is 5.96. The number of carbonyl (C=O) groups excluding carboxylic acids is 2. The second-order valence-electron chi connectivity index (χ2n) is 7.92. The maximum atomic E-state index is 12.4. The Morgan fingerprint density at radius 3 is 2.21 bits per heavy atom. The largest absolute Gasteiger partial charge is 0.482 e. The molecule has 0 saturated carbocycles. The summed E-state index contributed by atoms with van der Waals surface area (Å²) in [5.41, 5.74) is 3.54. The zero-order valence-corrected chi connectivity index (χ0v) is 17.5. The summed E-state index contributed by atoms with van der Waals surface area (Å²) in [5, 5.41) is 2.83. The van der Waals surface area contributed by atoms with Crippen LogP contribution in [0.5, 0.6) is 5.75 Å². The van der Waals surface area contributed by atoms with E-state index in [0.29, 0.717) is 5.75 Å². The number of anilines is 1. The molecule has 2 aromatic carbocycles. The Morgan fingerprint density at radius 1 is 1.00 bits per heavy atom. The summed E-state index contributed by atoms with van der Waals surface area (Å²) in [6.07, 6.45) is -0.923. The van der Waals surface area contributed by atoms with Crippen molar-refractivity contribution in [2.45, 2.75) is 53.1 Å². The van der Waals surface area contributed by atoms with E-state index in [1.165, 1.54) is 0 Å². The summed E-state index contributed by atoms with van der Waals surface area (Å²) in [6, 6.07) is 13.4. The summed E-state index contributed by atoms with van der Waals surface area (Å²) in [6.45, 7) is 11.4. The molecule has 1 atom stereocenters. The second kappa shape index (κ2) is 8.91. The van der Waals surface area contributed by atoms with E-state index < -0.39 is 12.1 Å². The first-order valence-electron chi connectivity index (χ1n) is 9.38. The van der Waals surface area contributed by atoms with Gasteiger partial charge in [-0.25, -0.2) is 4.79 Å². The van der Waals surface area contributed by atoms with Crippen molar-refractivity contribution in [1.82, 2.24) is 0 Å². The van der Waals surface area contributed by atoms with Crippen molar-refractivity contribution in [3.8, 4) is 5.75 Å². The third-order valence-electron chi connectivity index (χ3n) is 4.45. The lowest BCUT2D eigenvalue weighted by Crippen LogP contribution is -2.32. The number of esters is 1. The summed E-state index contributed by atoms with van der Waals surface area (Å²) in [7, 11) is 0. The van der Waals surface area contributed by atoms with Gasteiger partial charge in [-0.1, -0.05) is 57.2 Å². The highest BCUT2D eigenvalue weighted by atomic mass is 16.6. The fraction of sp³-hybridized carbons (Fsp3) is 0.391. The Bertz CT molecular complexity index is 832. The van der Waals surface area contributed by atoms with Crippen LogP contribution >= 0.6 is 0 Å².